The highest BCUT2D eigenvalue weighted by molar-refractivity contribution is 9.10. The lowest BCUT2D eigenvalue weighted by molar-refractivity contribution is -0.138. The predicted octanol–water partition coefficient (Wildman–Crippen LogP) is 3.21. The van der Waals surface area contributed by atoms with Gasteiger partial charge in [-0.05, 0) is 19.1 Å². The highest BCUT2D eigenvalue weighted by atomic mass is 79.9. The Morgan fingerprint density at radius 3 is 2.65 bits per heavy atom. The Kier molecular flexibility index (Phi) is 3.16. The van der Waals surface area contributed by atoms with Gasteiger partial charge in [-0.25, -0.2) is 0 Å². The van der Waals surface area contributed by atoms with Gasteiger partial charge in [-0.15, -0.1) is 0 Å². The summed E-state index contributed by atoms with van der Waals surface area (Å²) in [5.74, 6) is 0.524. The molecule has 1 heterocycles. The summed E-state index contributed by atoms with van der Waals surface area (Å²) in [6.45, 7) is 2.52. The van der Waals surface area contributed by atoms with E-state index in [4.69, 9.17) is 0 Å². The van der Waals surface area contributed by atoms with Crippen molar-refractivity contribution in [3.63, 3.8) is 0 Å². The van der Waals surface area contributed by atoms with Crippen molar-refractivity contribution in [1.82, 2.24) is 5.32 Å². The third-order valence-corrected chi connectivity index (χ3v) is 3.14. The molecule has 0 spiro atoms. The molecule has 1 aromatic rings. The van der Waals surface area contributed by atoms with Crippen LogP contribution in [0.5, 0.6) is 0 Å². The highest BCUT2D eigenvalue weighted by Crippen LogP contribution is 2.35. The van der Waals surface area contributed by atoms with E-state index in [-0.39, 0.29) is 10.5 Å². The maximum Gasteiger partial charge on any atom is 0.417 e. The molecule has 1 aromatic carbocycles. The van der Waals surface area contributed by atoms with Gasteiger partial charge in [-0.3, -0.25) is 4.99 Å². The molecule has 0 radical (unpaired) electrons. The van der Waals surface area contributed by atoms with Gasteiger partial charge in [0.05, 0.1) is 12.1 Å². The van der Waals surface area contributed by atoms with E-state index < -0.39 is 11.7 Å². The van der Waals surface area contributed by atoms with Crippen molar-refractivity contribution in [2.24, 2.45) is 4.99 Å². The predicted molar refractivity (Wildman–Crippen MR) is 63.1 cm³/mol. The number of alkyl halides is 3. The van der Waals surface area contributed by atoms with Crippen molar-refractivity contribution in [3.8, 4) is 0 Å². The van der Waals surface area contributed by atoms with Crippen LogP contribution >= 0.6 is 15.9 Å². The number of halogens is 4. The van der Waals surface area contributed by atoms with Gasteiger partial charge < -0.3 is 5.32 Å². The van der Waals surface area contributed by atoms with E-state index in [1.807, 2.05) is 6.92 Å². The fourth-order valence-electron chi connectivity index (χ4n) is 1.62. The monoisotopic (exact) mass is 306 g/mol. The van der Waals surface area contributed by atoms with Crippen molar-refractivity contribution < 1.29 is 13.2 Å². The Morgan fingerprint density at radius 2 is 2.12 bits per heavy atom. The summed E-state index contributed by atoms with van der Waals surface area (Å²) in [5, 5.41) is 3.04. The largest absolute Gasteiger partial charge is 0.417 e. The van der Waals surface area contributed by atoms with Crippen LogP contribution < -0.4 is 5.32 Å². The fourth-order valence-corrected chi connectivity index (χ4v) is 2.09. The number of amidine groups is 1. The quantitative estimate of drug-likeness (QED) is 0.846. The molecule has 2 nitrogen and oxygen atoms in total. The first kappa shape index (κ1) is 12.4. The third-order valence-electron chi connectivity index (χ3n) is 2.45. The van der Waals surface area contributed by atoms with Crippen LogP contribution in [0.4, 0.5) is 13.2 Å². The van der Waals surface area contributed by atoms with Crippen molar-refractivity contribution in [1.29, 1.82) is 0 Å². The molecule has 17 heavy (non-hydrogen) atoms. The Morgan fingerprint density at radius 1 is 1.41 bits per heavy atom. The van der Waals surface area contributed by atoms with Crippen molar-refractivity contribution in [3.05, 3.63) is 33.8 Å². The number of hydrogen-bond acceptors (Lipinski definition) is 2. The molecule has 0 saturated carbocycles. The lowest BCUT2D eigenvalue weighted by atomic mass is 10.1. The van der Waals surface area contributed by atoms with Gasteiger partial charge in [0.2, 0.25) is 0 Å². The standard InChI is InChI=1S/C11H10BrF3N2/c1-6-5-16-10(17-6)7-2-3-9(12)8(4-7)11(13,14)15/h2-4,6H,5H2,1H3,(H,16,17). The maximum atomic E-state index is 12.7. The topological polar surface area (TPSA) is 24.4 Å². The van der Waals surface area contributed by atoms with Crippen LogP contribution in [0, 0.1) is 0 Å². The Labute approximate surface area is 105 Å². The van der Waals surface area contributed by atoms with E-state index in [0.29, 0.717) is 17.9 Å². The SMILES string of the molecule is CC1CN=C(c2ccc(Br)c(C(F)(F)F)c2)N1. The zero-order valence-electron chi connectivity index (χ0n) is 8.98. The van der Waals surface area contributed by atoms with E-state index in [2.05, 4.69) is 26.2 Å². The summed E-state index contributed by atoms with van der Waals surface area (Å²) in [4.78, 5) is 4.16. The zero-order chi connectivity index (χ0) is 12.6. The first-order valence-corrected chi connectivity index (χ1v) is 5.85. The van der Waals surface area contributed by atoms with Crippen LogP contribution in [0.15, 0.2) is 27.7 Å². The lowest BCUT2D eigenvalue weighted by Crippen LogP contribution is -2.27. The van der Waals surface area contributed by atoms with Gasteiger partial charge in [-0.2, -0.15) is 13.2 Å². The highest BCUT2D eigenvalue weighted by Gasteiger charge is 2.33. The molecule has 1 aliphatic heterocycles. The second kappa shape index (κ2) is 4.33. The molecular weight excluding hydrogens is 297 g/mol. The molecule has 0 bridgehead atoms. The van der Waals surface area contributed by atoms with Gasteiger partial charge >= 0.3 is 6.18 Å². The van der Waals surface area contributed by atoms with Crippen molar-refractivity contribution >= 4 is 21.8 Å². The number of hydrogen-bond donors (Lipinski definition) is 1. The average Bonchev–Trinajstić information content (AvgIpc) is 2.64. The first-order chi connectivity index (χ1) is 7.88. The maximum absolute atomic E-state index is 12.7. The van der Waals surface area contributed by atoms with E-state index in [9.17, 15) is 13.2 Å². The van der Waals surface area contributed by atoms with E-state index >= 15 is 0 Å². The molecule has 0 saturated heterocycles. The Hall–Kier alpha value is -1.04. The first-order valence-electron chi connectivity index (χ1n) is 5.06. The molecule has 92 valence electrons. The molecule has 1 N–H and O–H groups in total. The van der Waals surface area contributed by atoms with Crippen molar-refractivity contribution in [2.75, 3.05) is 6.54 Å². The van der Waals surface area contributed by atoms with Gasteiger partial charge in [0.15, 0.2) is 0 Å². The minimum absolute atomic E-state index is 0.0420. The summed E-state index contributed by atoms with van der Waals surface area (Å²) in [6.07, 6.45) is -4.36. The molecule has 1 atom stereocenters. The molecule has 1 aliphatic rings. The Balaban J connectivity index is 2.38. The summed E-state index contributed by atoms with van der Waals surface area (Å²) >= 11 is 2.91. The Bertz CT molecular complexity index is 468. The summed E-state index contributed by atoms with van der Waals surface area (Å²) in [6, 6.07) is 4.28. The third kappa shape index (κ3) is 2.62. The number of nitrogens with one attached hydrogen (secondary N) is 1. The van der Waals surface area contributed by atoms with Crippen LogP contribution in [0.1, 0.15) is 18.1 Å². The minimum Gasteiger partial charge on any atom is -0.366 e. The van der Waals surface area contributed by atoms with Crippen LogP contribution in [-0.4, -0.2) is 18.4 Å². The minimum atomic E-state index is -4.36. The van der Waals surface area contributed by atoms with Crippen LogP contribution in [0.3, 0.4) is 0 Å². The molecule has 0 fully saturated rings. The summed E-state index contributed by atoms with van der Waals surface area (Å²) in [5.41, 5.74) is -0.219. The summed E-state index contributed by atoms with van der Waals surface area (Å²) in [7, 11) is 0. The van der Waals surface area contributed by atoms with Gasteiger partial charge in [-0.1, -0.05) is 22.0 Å². The van der Waals surface area contributed by atoms with Crippen LogP contribution in [-0.2, 0) is 6.18 Å². The molecule has 0 aliphatic carbocycles. The summed E-state index contributed by atoms with van der Waals surface area (Å²) < 4.78 is 38.1. The second-order valence-electron chi connectivity index (χ2n) is 3.93. The molecule has 0 aromatic heterocycles. The van der Waals surface area contributed by atoms with Gasteiger partial charge in [0.25, 0.3) is 0 Å². The second-order valence-corrected chi connectivity index (χ2v) is 4.78. The lowest BCUT2D eigenvalue weighted by Gasteiger charge is -2.12. The van der Waals surface area contributed by atoms with Crippen LogP contribution in [0.25, 0.3) is 0 Å². The molecule has 1 unspecified atom stereocenters. The smallest absolute Gasteiger partial charge is 0.366 e. The zero-order valence-corrected chi connectivity index (χ0v) is 10.6. The van der Waals surface area contributed by atoms with E-state index in [1.165, 1.54) is 6.07 Å². The number of nitrogens with zero attached hydrogens (tertiary/aromatic N) is 1. The molecule has 0 amide bonds. The van der Waals surface area contributed by atoms with E-state index in [1.54, 1.807) is 6.07 Å². The normalized spacial score (nSPS) is 20.1. The fraction of sp³-hybridized carbons (Fsp3) is 0.364. The number of benzene rings is 1. The average molecular weight is 307 g/mol. The van der Waals surface area contributed by atoms with Crippen molar-refractivity contribution in [2.45, 2.75) is 19.1 Å². The van der Waals surface area contributed by atoms with Gasteiger partial charge in [0.1, 0.15) is 5.84 Å². The molecule has 2 rings (SSSR count). The van der Waals surface area contributed by atoms with Crippen LogP contribution in [0.2, 0.25) is 0 Å². The molecular formula is C11H10BrF3N2. The van der Waals surface area contributed by atoms with Gasteiger partial charge in [0, 0.05) is 16.1 Å². The number of aliphatic imine (C=N–C) groups is 1. The molecule has 6 heteroatoms. The van der Waals surface area contributed by atoms with E-state index in [0.717, 1.165) is 6.07 Å². The number of rotatable bonds is 1.